The molecule has 4 N–H and O–H groups in total. The number of fused-ring (bicyclic) bond motifs is 1. The Labute approximate surface area is 125 Å². The average Bonchev–Trinajstić information content (AvgIpc) is 2.97. The minimum atomic E-state index is -0.417. The van der Waals surface area contributed by atoms with Gasteiger partial charge in [-0.25, -0.2) is 0 Å². The summed E-state index contributed by atoms with van der Waals surface area (Å²) in [5.41, 5.74) is 12.8. The van der Waals surface area contributed by atoms with Crippen LogP contribution in [0.15, 0.2) is 42.6 Å². The molecule has 0 saturated carbocycles. The summed E-state index contributed by atoms with van der Waals surface area (Å²) >= 11 is 0. The third-order valence-corrected chi connectivity index (χ3v) is 3.44. The van der Waals surface area contributed by atoms with Crippen LogP contribution in [0.3, 0.4) is 0 Å². The monoisotopic (exact) mass is 298 g/mol. The van der Waals surface area contributed by atoms with E-state index >= 15 is 0 Å². The average molecular weight is 298 g/mol. The van der Waals surface area contributed by atoms with Gasteiger partial charge in [0.1, 0.15) is 0 Å². The van der Waals surface area contributed by atoms with Crippen molar-refractivity contribution >= 4 is 16.6 Å². The SMILES string of the molecule is NCC(N)c1ccc(-n2ccc3cc([N+](=O)[O-])ccc32)nn1. The van der Waals surface area contributed by atoms with Crippen LogP contribution in [0.4, 0.5) is 5.69 Å². The van der Waals surface area contributed by atoms with Crippen molar-refractivity contribution in [1.29, 1.82) is 0 Å². The molecule has 0 aliphatic carbocycles. The Morgan fingerprint density at radius 3 is 2.68 bits per heavy atom. The lowest BCUT2D eigenvalue weighted by atomic mass is 10.2. The number of nitrogens with two attached hydrogens (primary N) is 2. The predicted octanol–water partition coefficient (Wildman–Crippen LogP) is 1.29. The lowest BCUT2D eigenvalue weighted by Crippen LogP contribution is -2.22. The van der Waals surface area contributed by atoms with E-state index in [-0.39, 0.29) is 11.7 Å². The van der Waals surface area contributed by atoms with Crippen molar-refractivity contribution in [2.75, 3.05) is 6.54 Å². The third-order valence-electron chi connectivity index (χ3n) is 3.44. The standard InChI is InChI=1S/C14H14N6O2/c15-8-11(16)12-2-4-14(18-17-12)19-6-5-9-7-10(20(21)22)1-3-13(9)19/h1-7,11H,8,15-16H2. The van der Waals surface area contributed by atoms with Crippen LogP contribution in [-0.2, 0) is 0 Å². The number of aromatic nitrogens is 3. The second kappa shape index (κ2) is 5.51. The number of nitrogens with zero attached hydrogens (tertiary/aromatic N) is 4. The van der Waals surface area contributed by atoms with Crippen LogP contribution < -0.4 is 11.5 Å². The molecule has 2 aromatic heterocycles. The maximum absolute atomic E-state index is 10.8. The summed E-state index contributed by atoms with van der Waals surface area (Å²) in [5, 5.41) is 19.8. The zero-order chi connectivity index (χ0) is 15.7. The molecule has 0 aliphatic rings. The fourth-order valence-electron chi connectivity index (χ4n) is 2.23. The normalized spacial score (nSPS) is 12.5. The molecule has 1 aromatic carbocycles. The van der Waals surface area contributed by atoms with Crippen LogP contribution in [0.1, 0.15) is 11.7 Å². The fraction of sp³-hybridized carbons (Fsp3) is 0.143. The summed E-state index contributed by atoms with van der Waals surface area (Å²) in [4.78, 5) is 10.4. The molecule has 0 amide bonds. The zero-order valence-electron chi connectivity index (χ0n) is 11.6. The number of benzene rings is 1. The van der Waals surface area contributed by atoms with Gasteiger partial charge in [0, 0.05) is 30.3 Å². The lowest BCUT2D eigenvalue weighted by molar-refractivity contribution is -0.384. The van der Waals surface area contributed by atoms with Crippen molar-refractivity contribution in [2.45, 2.75) is 6.04 Å². The van der Waals surface area contributed by atoms with E-state index in [1.807, 2.05) is 4.57 Å². The molecule has 0 spiro atoms. The van der Waals surface area contributed by atoms with Gasteiger partial charge in [0.25, 0.3) is 5.69 Å². The Balaban J connectivity index is 2.01. The summed E-state index contributed by atoms with van der Waals surface area (Å²) in [6.07, 6.45) is 1.79. The molecule has 0 saturated heterocycles. The fourth-order valence-corrected chi connectivity index (χ4v) is 2.23. The van der Waals surface area contributed by atoms with Crippen LogP contribution in [0.25, 0.3) is 16.7 Å². The first-order valence-electron chi connectivity index (χ1n) is 6.65. The molecule has 112 valence electrons. The molecule has 3 rings (SSSR count). The highest BCUT2D eigenvalue weighted by Gasteiger charge is 2.11. The second-order valence-electron chi connectivity index (χ2n) is 4.84. The van der Waals surface area contributed by atoms with E-state index in [9.17, 15) is 10.1 Å². The quantitative estimate of drug-likeness (QED) is 0.552. The van der Waals surface area contributed by atoms with E-state index in [4.69, 9.17) is 11.5 Å². The highest BCUT2D eigenvalue weighted by atomic mass is 16.6. The number of rotatable bonds is 4. The van der Waals surface area contributed by atoms with Crippen molar-refractivity contribution in [3.8, 4) is 5.82 Å². The smallest absolute Gasteiger partial charge is 0.270 e. The van der Waals surface area contributed by atoms with E-state index in [1.165, 1.54) is 12.1 Å². The predicted molar refractivity (Wildman–Crippen MR) is 81.5 cm³/mol. The van der Waals surface area contributed by atoms with Gasteiger partial charge in [0.2, 0.25) is 0 Å². The van der Waals surface area contributed by atoms with Gasteiger partial charge in [0.05, 0.1) is 22.2 Å². The largest absolute Gasteiger partial charge is 0.329 e. The number of nitro benzene ring substituents is 1. The van der Waals surface area contributed by atoms with Crippen molar-refractivity contribution in [3.05, 3.63) is 58.4 Å². The molecular formula is C14H14N6O2. The van der Waals surface area contributed by atoms with Gasteiger partial charge in [-0.05, 0) is 24.3 Å². The van der Waals surface area contributed by atoms with Crippen LogP contribution in [-0.4, -0.2) is 26.2 Å². The molecule has 0 fully saturated rings. The second-order valence-corrected chi connectivity index (χ2v) is 4.84. The summed E-state index contributed by atoms with van der Waals surface area (Å²) in [6, 6.07) is 9.70. The number of hydrogen-bond acceptors (Lipinski definition) is 6. The summed E-state index contributed by atoms with van der Waals surface area (Å²) < 4.78 is 1.81. The molecule has 1 atom stereocenters. The molecule has 3 aromatic rings. The summed E-state index contributed by atoms with van der Waals surface area (Å²) in [7, 11) is 0. The van der Waals surface area contributed by atoms with Crippen molar-refractivity contribution in [1.82, 2.24) is 14.8 Å². The molecule has 0 bridgehead atoms. The topological polar surface area (TPSA) is 126 Å². The maximum atomic E-state index is 10.8. The van der Waals surface area contributed by atoms with Crippen LogP contribution in [0.5, 0.6) is 0 Å². The van der Waals surface area contributed by atoms with Crippen LogP contribution in [0, 0.1) is 10.1 Å². The van der Waals surface area contributed by atoms with Crippen LogP contribution >= 0.6 is 0 Å². The first-order valence-corrected chi connectivity index (χ1v) is 6.65. The van der Waals surface area contributed by atoms with Gasteiger partial charge in [-0.2, -0.15) is 5.10 Å². The number of non-ortho nitro benzene ring substituents is 1. The molecular weight excluding hydrogens is 284 g/mol. The molecule has 8 heteroatoms. The zero-order valence-corrected chi connectivity index (χ0v) is 11.6. The van der Waals surface area contributed by atoms with E-state index in [0.717, 1.165) is 10.9 Å². The van der Waals surface area contributed by atoms with E-state index in [0.29, 0.717) is 18.1 Å². The van der Waals surface area contributed by atoms with Gasteiger partial charge in [-0.3, -0.25) is 14.7 Å². The van der Waals surface area contributed by atoms with Crippen molar-refractivity contribution < 1.29 is 4.92 Å². The Morgan fingerprint density at radius 1 is 1.23 bits per heavy atom. The minimum Gasteiger partial charge on any atom is -0.329 e. The Kier molecular flexibility index (Phi) is 3.53. The molecule has 2 heterocycles. The lowest BCUT2D eigenvalue weighted by Gasteiger charge is -2.08. The molecule has 1 unspecified atom stereocenters. The summed E-state index contributed by atoms with van der Waals surface area (Å²) in [6.45, 7) is 0.296. The van der Waals surface area contributed by atoms with Gasteiger partial charge >= 0.3 is 0 Å². The van der Waals surface area contributed by atoms with Crippen LogP contribution in [0.2, 0.25) is 0 Å². The van der Waals surface area contributed by atoms with Gasteiger partial charge in [-0.15, -0.1) is 5.10 Å². The first-order chi connectivity index (χ1) is 10.6. The molecule has 0 radical (unpaired) electrons. The first kappa shape index (κ1) is 14.1. The Hall–Kier alpha value is -2.84. The number of nitro groups is 1. The Morgan fingerprint density at radius 2 is 2.05 bits per heavy atom. The van der Waals surface area contributed by atoms with E-state index in [2.05, 4.69) is 10.2 Å². The van der Waals surface area contributed by atoms with E-state index in [1.54, 1.807) is 30.5 Å². The highest BCUT2D eigenvalue weighted by molar-refractivity contribution is 5.83. The molecule has 0 aliphatic heterocycles. The molecule has 8 nitrogen and oxygen atoms in total. The summed E-state index contributed by atoms with van der Waals surface area (Å²) in [5.74, 6) is 0.608. The third kappa shape index (κ3) is 2.41. The van der Waals surface area contributed by atoms with Crippen molar-refractivity contribution in [3.63, 3.8) is 0 Å². The molecule has 22 heavy (non-hydrogen) atoms. The van der Waals surface area contributed by atoms with Crippen molar-refractivity contribution in [2.24, 2.45) is 11.5 Å². The van der Waals surface area contributed by atoms with Gasteiger partial charge in [-0.1, -0.05) is 0 Å². The Bertz CT molecular complexity index is 827. The van der Waals surface area contributed by atoms with Gasteiger partial charge < -0.3 is 11.5 Å². The number of hydrogen-bond donors (Lipinski definition) is 2. The highest BCUT2D eigenvalue weighted by Crippen LogP contribution is 2.24. The van der Waals surface area contributed by atoms with Gasteiger partial charge in [0.15, 0.2) is 5.82 Å². The minimum absolute atomic E-state index is 0.0561. The maximum Gasteiger partial charge on any atom is 0.270 e. The van der Waals surface area contributed by atoms with E-state index < -0.39 is 4.92 Å².